The second-order valence-electron chi connectivity index (χ2n) is 4.46. The van der Waals surface area contributed by atoms with Gasteiger partial charge in [0.05, 0.1) is 6.20 Å². The van der Waals surface area contributed by atoms with Gasteiger partial charge in [0.2, 0.25) is 5.13 Å². The summed E-state index contributed by atoms with van der Waals surface area (Å²) in [5.41, 5.74) is 2.39. The maximum Gasteiger partial charge on any atom is 0.202 e. The summed E-state index contributed by atoms with van der Waals surface area (Å²) in [7, 11) is 1.95. The quantitative estimate of drug-likeness (QED) is 0.901. The van der Waals surface area contributed by atoms with Gasteiger partial charge in [-0.25, -0.2) is 4.98 Å². The fourth-order valence-corrected chi connectivity index (χ4v) is 2.34. The molecule has 2 aromatic rings. The van der Waals surface area contributed by atoms with Crippen molar-refractivity contribution in [3.8, 4) is 0 Å². The maximum absolute atomic E-state index is 4.49. The molecule has 90 valence electrons. The van der Waals surface area contributed by atoms with Crippen molar-refractivity contribution in [2.75, 3.05) is 5.32 Å². The molecule has 1 aliphatic carbocycles. The van der Waals surface area contributed by atoms with Crippen LogP contribution in [0, 0.1) is 6.92 Å². The van der Waals surface area contributed by atoms with E-state index in [2.05, 4.69) is 26.7 Å². The molecule has 0 saturated heterocycles. The highest BCUT2D eigenvalue weighted by atomic mass is 32.1. The van der Waals surface area contributed by atoms with E-state index in [1.807, 2.05) is 17.9 Å². The van der Waals surface area contributed by atoms with Crippen LogP contribution in [0.3, 0.4) is 0 Å². The maximum atomic E-state index is 4.49. The molecule has 3 rings (SSSR count). The summed E-state index contributed by atoms with van der Waals surface area (Å²) in [5, 5.41) is 8.44. The molecule has 1 aliphatic rings. The summed E-state index contributed by atoms with van der Waals surface area (Å²) in [6.07, 6.45) is 4.39. The van der Waals surface area contributed by atoms with Crippen LogP contribution in [-0.4, -0.2) is 19.1 Å². The van der Waals surface area contributed by atoms with Crippen molar-refractivity contribution < 1.29 is 0 Å². The smallest absolute Gasteiger partial charge is 0.202 e. The molecular formula is C11H15N5S. The van der Waals surface area contributed by atoms with Crippen molar-refractivity contribution >= 4 is 16.7 Å². The zero-order valence-electron chi connectivity index (χ0n) is 9.97. The van der Waals surface area contributed by atoms with Gasteiger partial charge in [-0.1, -0.05) is 0 Å². The highest BCUT2D eigenvalue weighted by Gasteiger charge is 2.27. The third-order valence-electron chi connectivity index (χ3n) is 3.15. The Labute approximate surface area is 104 Å². The number of rotatable bonds is 4. The summed E-state index contributed by atoms with van der Waals surface area (Å²) < 4.78 is 6.25. The Bertz CT molecular complexity index is 526. The van der Waals surface area contributed by atoms with E-state index in [0.29, 0.717) is 5.92 Å². The van der Waals surface area contributed by atoms with Crippen LogP contribution in [0.15, 0.2) is 6.20 Å². The number of hydrogen-bond donors (Lipinski definition) is 1. The second-order valence-corrected chi connectivity index (χ2v) is 5.22. The van der Waals surface area contributed by atoms with E-state index < -0.39 is 0 Å². The molecule has 0 spiro atoms. The summed E-state index contributed by atoms with van der Waals surface area (Å²) in [6.45, 7) is 2.83. The van der Waals surface area contributed by atoms with E-state index in [-0.39, 0.29) is 0 Å². The van der Waals surface area contributed by atoms with Crippen molar-refractivity contribution in [3.63, 3.8) is 0 Å². The number of anilines is 1. The SMILES string of the molecule is Cc1c(CNc2nc(C3CC3)ns2)cnn1C. The molecule has 1 fully saturated rings. The molecular weight excluding hydrogens is 234 g/mol. The van der Waals surface area contributed by atoms with Crippen molar-refractivity contribution in [2.45, 2.75) is 32.2 Å². The summed E-state index contributed by atoms with van der Waals surface area (Å²) in [6, 6.07) is 0. The summed E-state index contributed by atoms with van der Waals surface area (Å²) in [5.74, 6) is 1.64. The van der Waals surface area contributed by atoms with Crippen LogP contribution in [-0.2, 0) is 13.6 Å². The van der Waals surface area contributed by atoms with Crippen LogP contribution in [0.4, 0.5) is 5.13 Å². The van der Waals surface area contributed by atoms with E-state index in [1.54, 1.807) is 0 Å². The van der Waals surface area contributed by atoms with E-state index in [0.717, 1.165) is 17.5 Å². The van der Waals surface area contributed by atoms with Gasteiger partial charge in [0.1, 0.15) is 5.82 Å². The molecule has 2 aromatic heterocycles. The van der Waals surface area contributed by atoms with E-state index >= 15 is 0 Å². The van der Waals surface area contributed by atoms with Crippen molar-refractivity contribution in [2.24, 2.45) is 7.05 Å². The highest BCUT2D eigenvalue weighted by molar-refractivity contribution is 7.09. The summed E-state index contributed by atoms with van der Waals surface area (Å²) >= 11 is 1.45. The Balaban J connectivity index is 1.64. The zero-order valence-corrected chi connectivity index (χ0v) is 10.8. The molecule has 0 amide bonds. The van der Waals surface area contributed by atoms with E-state index in [9.17, 15) is 0 Å². The van der Waals surface area contributed by atoms with Gasteiger partial charge in [-0.2, -0.15) is 9.47 Å². The minimum absolute atomic E-state index is 0.627. The van der Waals surface area contributed by atoms with E-state index in [1.165, 1.54) is 35.6 Å². The average Bonchev–Trinajstić information content (AvgIpc) is 3.00. The standard InChI is InChI=1S/C11H15N5S/c1-7-9(6-13-16(7)2)5-12-11-14-10(15-17-11)8-3-4-8/h6,8H,3-5H2,1-2H3,(H,12,14,15). The third kappa shape index (κ3) is 2.17. The van der Waals surface area contributed by atoms with Crippen molar-refractivity contribution in [3.05, 3.63) is 23.3 Å². The Morgan fingerprint density at radius 1 is 1.53 bits per heavy atom. The predicted molar refractivity (Wildman–Crippen MR) is 67.2 cm³/mol. The Morgan fingerprint density at radius 3 is 3.00 bits per heavy atom. The van der Waals surface area contributed by atoms with Gasteiger partial charge in [-0.15, -0.1) is 0 Å². The first kappa shape index (κ1) is 10.7. The van der Waals surface area contributed by atoms with Crippen LogP contribution in [0.5, 0.6) is 0 Å². The minimum atomic E-state index is 0.627. The topological polar surface area (TPSA) is 55.6 Å². The number of hydrogen-bond acceptors (Lipinski definition) is 5. The fraction of sp³-hybridized carbons (Fsp3) is 0.545. The van der Waals surface area contributed by atoms with Gasteiger partial charge in [-0.3, -0.25) is 4.68 Å². The molecule has 17 heavy (non-hydrogen) atoms. The monoisotopic (exact) mass is 249 g/mol. The third-order valence-corrected chi connectivity index (χ3v) is 3.84. The molecule has 2 heterocycles. The lowest BCUT2D eigenvalue weighted by Crippen LogP contribution is -2.01. The molecule has 5 nitrogen and oxygen atoms in total. The molecule has 0 bridgehead atoms. The summed E-state index contributed by atoms with van der Waals surface area (Å²) in [4.78, 5) is 4.49. The van der Waals surface area contributed by atoms with Crippen molar-refractivity contribution in [1.82, 2.24) is 19.1 Å². The van der Waals surface area contributed by atoms with Gasteiger partial charge < -0.3 is 5.32 Å². The number of aromatic nitrogens is 4. The largest absolute Gasteiger partial charge is 0.356 e. The Morgan fingerprint density at radius 2 is 2.35 bits per heavy atom. The molecule has 1 saturated carbocycles. The van der Waals surface area contributed by atoms with Gasteiger partial charge in [-0.05, 0) is 19.8 Å². The molecule has 0 unspecified atom stereocenters. The van der Waals surface area contributed by atoms with Gasteiger partial charge in [0, 0.05) is 42.3 Å². The minimum Gasteiger partial charge on any atom is -0.356 e. The van der Waals surface area contributed by atoms with E-state index in [4.69, 9.17) is 0 Å². The molecule has 0 aromatic carbocycles. The molecule has 1 N–H and O–H groups in total. The van der Waals surface area contributed by atoms with Crippen LogP contribution in [0.2, 0.25) is 0 Å². The zero-order chi connectivity index (χ0) is 11.8. The first-order chi connectivity index (χ1) is 8.24. The van der Waals surface area contributed by atoms with Crippen LogP contribution < -0.4 is 5.32 Å². The molecule has 6 heteroatoms. The average molecular weight is 249 g/mol. The molecule has 0 aliphatic heterocycles. The lowest BCUT2D eigenvalue weighted by molar-refractivity contribution is 0.738. The first-order valence-electron chi connectivity index (χ1n) is 5.79. The Hall–Kier alpha value is -1.43. The molecule has 0 radical (unpaired) electrons. The number of nitrogens with zero attached hydrogens (tertiary/aromatic N) is 4. The second kappa shape index (κ2) is 4.10. The van der Waals surface area contributed by atoms with Crippen LogP contribution in [0.25, 0.3) is 0 Å². The highest BCUT2D eigenvalue weighted by Crippen LogP contribution is 2.39. The first-order valence-corrected chi connectivity index (χ1v) is 6.56. The van der Waals surface area contributed by atoms with Gasteiger partial charge in [0.25, 0.3) is 0 Å². The lowest BCUT2D eigenvalue weighted by atomic mass is 10.2. The van der Waals surface area contributed by atoms with Gasteiger partial charge >= 0.3 is 0 Å². The molecule has 0 atom stereocenters. The lowest BCUT2D eigenvalue weighted by Gasteiger charge is -2.01. The van der Waals surface area contributed by atoms with Gasteiger partial charge in [0.15, 0.2) is 0 Å². The van der Waals surface area contributed by atoms with Crippen LogP contribution in [0.1, 0.15) is 35.8 Å². The predicted octanol–water partition coefficient (Wildman–Crippen LogP) is 2.07. The normalized spacial score (nSPS) is 15.2. The number of aryl methyl sites for hydroxylation is 1. The fourth-order valence-electron chi connectivity index (χ4n) is 1.70. The van der Waals surface area contributed by atoms with Crippen molar-refractivity contribution in [1.29, 1.82) is 0 Å². The van der Waals surface area contributed by atoms with Crippen LogP contribution >= 0.6 is 11.5 Å². The Kier molecular flexibility index (Phi) is 2.58. The number of nitrogens with one attached hydrogen (secondary N) is 1.